The van der Waals surface area contributed by atoms with Gasteiger partial charge in [0.25, 0.3) is 5.91 Å². The first-order chi connectivity index (χ1) is 12.1. The largest absolute Gasteiger partial charge is 0.497 e. The number of hydrogen-bond donors (Lipinski definition) is 2. The predicted molar refractivity (Wildman–Crippen MR) is 98.4 cm³/mol. The molecule has 1 aliphatic heterocycles. The van der Waals surface area contributed by atoms with Crippen LogP contribution in [0.1, 0.15) is 48.7 Å². The van der Waals surface area contributed by atoms with E-state index in [0.29, 0.717) is 5.56 Å². The molecule has 1 saturated heterocycles. The number of nitrogens with zero attached hydrogens (tertiary/aromatic N) is 2. The van der Waals surface area contributed by atoms with E-state index >= 15 is 0 Å². The Labute approximate surface area is 148 Å². The standard InChI is InChI=1S/C19H26N4O2/c1-13(2)18-17(11-20-22-18)19(24)21-14-6-5-9-23(12-14)15-7-4-8-16(10-15)25-3/h4,7-8,10-11,13-14H,5-6,9,12H2,1-3H3,(H,20,22)(H,21,24)/t14-/m1/s1. The highest BCUT2D eigenvalue weighted by atomic mass is 16.5. The Morgan fingerprint density at radius 1 is 1.44 bits per heavy atom. The molecule has 3 rings (SSSR count). The van der Waals surface area contributed by atoms with Crippen LogP contribution >= 0.6 is 0 Å². The maximum absolute atomic E-state index is 12.6. The lowest BCUT2D eigenvalue weighted by Gasteiger charge is -2.35. The molecule has 6 nitrogen and oxygen atoms in total. The van der Waals surface area contributed by atoms with E-state index in [1.807, 2.05) is 18.2 Å². The minimum Gasteiger partial charge on any atom is -0.497 e. The van der Waals surface area contributed by atoms with Gasteiger partial charge in [-0.2, -0.15) is 5.10 Å². The normalized spacial score (nSPS) is 17.6. The first kappa shape index (κ1) is 17.3. The van der Waals surface area contributed by atoms with Crippen molar-refractivity contribution in [2.45, 2.75) is 38.6 Å². The van der Waals surface area contributed by atoms with Crippen molar-refractivity contribution in [1.29, 1.82) is 0 Å². The van der Waals surface area contributed by atoms with Crippen molar-refractivity contribution in [1.82, 2.24) is 15.5 Å². The summed E-state index contributed by atoms with van der Waals surface area (Å²) in [5.41, 5.74) is 2.66. The number of carbonyl (C=O) groups is 1. The van der Waals surface area contributed by atoms with Crippen molar-refractivity contribution < 1.29 is 9.53 Å². The highest BCUT2D eigenvalue weighted by molar-refractivity contribution is 5.95. The van der Waals surface area contributed by atoms with Crippen LogP contribution in [-0.4, -0.2) is 42.3 Å². The molecule has 0 unspecified atom stereocenters. The fraction of sp³-hybridized carbons (Fsp3) is 0.474. The summed E-state index contributed by atoms with van der Waals surface area (Å²) in [6, 6.07) is 8.19. The highest BCUT2D eigenvalue weighted by Crippen LogP contribution is 2.24. The molecule has 2 aromatic rings. The monoisotopic (exact) mass is 342 g/mol. The molecule has 2 N–H and O–H groups in total. The number of ether oxygens (including phenoxy) is 1. The van der Waals surface area contributed by atoms with Gasteiger partial charge in [0.05, 0.1) is 24.6 Å². The van der Waals surface area contributed by atoms with Gasteiger partial charge in [-0.3, -0.25) is 9.89 Å². The second kappa shape index (κ2) is 7.59. The predicted octanol–water partition coefficient (Wildman–Crippen LogP) is 2.94. The minimum atomic E-state index is -0.0463. The van der Waals surface area contributed by atoms with E-state index in [0.717, 1.165) is 43.1 Å². The molecule has 1 aromatic heterocycles. The number of benzene rings is 1. The van der Waals surface area contributed by atoms with Crippen LogP contribution < -0.4 is 15.0 Å². The Hall–Kier alpha value is -2.50. The van der Waals surface area contributed by atoms with Crippen LogP contribution in [0.3, 0.4) is 0 Å². The lowest BCUT2D eigenvalue weighted by molar-refractivity contribution is 0.0932. The van der Waals surface area contributed by atoms with Crippen LogP contribution in [0.15, 0.2) is 30.5 Å². The average molecular weight is 342 g/mol. The van der Waals surface area contributed by atoms with Gasteiger partial charge in [-0.15, -0.1) is 0 Å². The third-order valence-corrected chi connectivity index (χ3v) is 4.67. The smallest absolute Gasteiger partial charge is 0.255 e. The van der Waals surface area contributed by atoms with Crippen LogP contribution in [0.5, 0.6) is 5.75 Å². The van der Waals surface area contributed by atoms with Gasteiger partial charge in [0.15, 0.2) is 0 Å². The van der Waals surface area contributed by atoms with Gasteiger partial charge < -0.3 is 15.0 Å². The van der Waals surface area contributed by atoms with E-state index < -0.39 is 0 Å². The quantitative estimate of drug-likeness (QED) is 0.876. The molecule has 134 valence electrons. The summed E-state index contributed by atoms with van der Waals surface area (Å²) >= 11 is 0. The van der Waals surface area contributed by atoms with Gasteiger partial charge in [0, 0.05) is 30.9 Å². The van der Waals surface area contributed by atoms with E-state index in [9.17, 15) is 4.79 Å². The van der Waals surface area contributed by atoms with Crippen LogP contribution in [0.4, 0.5) is 5.69 Å². The number of amides is 1. The Kier molecular flexibility index (Phi) is 5.26. The molecular weight excluding hydrogens is 316 g/mol. The number of carbonyl (C=O) groups excluding carboxylic acids is 1. The molecule has 1 aliphatic rings. The van der Waals surface area contributed by atoms with Gasteiger partial charge in [0.2, 0.25) is 0 Å². The zero-order chi connectivity index (χ0) is 17.8. The number of piperidine rings is 1. The molecule has 1 atom stereocenters. The third kappa shape index (κ3) is 3.95. The highest BCUT2D eigenvalue weighted by Gasteiger charge is 2.24. The number of rotatable bonds is 5. The minimum absolute atomic E-state index is 0.0463. The molecule has 0 spiro atoms. The van der Waals surface area contributed by atoms with E-state index in [-0.39, 0.29) is 17.9 Å². The molecule has 1 aromatic carbocycles. The number of nitrogens with one attached hydrogen (secondary N) is 2. The van der Waals surface area contributed by atoms with Gasteiger partial charge >= 0.3 is 0 Å². The number of anilines is 1. The van der Waals surface area contributed by atoms with Crippen LogP contribution in [0, 0.1) is 0 Å². The second-order valence-electron chi connectivity index (χ2n) is 6.81. The van der Waals surface area contributed by atoms with Gasteiger partial charge in [-0.1, -0.05) is 19.9 Å². The summed E-state index contributed by atoms with van der Waals surface area (Å²) in [4.78, 5) is 14.9. The summed E-state index contributed by atoms with van der Waals surface area (Å²) in [5.74, 6) is 1.04. The molecule has 0 aliphatic carbocycles. The molecule has 2 heterocycles. The van der Waals surface area contributed by atoms with Gasteiger partial charge in [0.1, 0.15) is 5.75 Å². The lowest BCUT2D eigenvalue weighted by Crippen LogP contribution is -2.48. The zero-order valence-corrected chi connectivity index (χ0v) is 15.1. The summed E-state index contributed by atoms with van der Waals surface area (Å²) in [6.45, 7) is 5.89. The summed E-state index contributed by atoms with van der Waals surface area (Å²) < 4.78 is 5.31. The van der Waals surface area contributed by atoms with E-state index in [2.05, 4.69) is 40.3 Å². The first-order valence-corrected chi connectivity index (χ1v) is 8.81. The van der Waals surface area contributed by atoms with Gasteiger partial charge in [-0.25, -0.2) is 0 Å². The Morgan fingerprint density at radius 3 is 3.04 bits per heavy atom. The van der Waals surface area contributed by atoms with Crippen molar-refractivity contribution in [3.8, 4) is 5.75 Å². The molecule has 0 saturated carbocycles. The second-order valence-corrected chi connectivity index (χ2v) is 6.81. The molecule has 1 fully saturated rings. The van der Waals surface area contributed by atoms with Crippen LogP contribution in [-0.2, 0) is 0 Å². The Bertz CT molecular complexity index is 726. The van der Waals surface area contributed by atoms with E-state index in [4.69, 9.17) is 4.74 Å². The van der Waals surface area contributed by atoms with Crippen molar-refractivity contribution in [3.63, 3.8) is 0 Å². The lowest BCUT2D eigenvalue weighted by atomic mass is 10.0. The third-order valence-electron chi connectivity index (χ3n) is 4.67. The fourth-order valence-electron chi connectivity index (χ4n) is 3.32. The molecular formula is C19H26N4O2. The SMILES string of the molecule is COc1cccc(N2CCC[C@@H](NC(=O)c3cn[nH]c3C(C)C)C2)c1. The summed E-state index contributed by atoms with van der Waals surface area (Å²) in [6.07, 6.45) is 3.65. The maximum atomic E-state index is 12.6. The summed E-state index contributed by atoms with van der Waals surface area (Å²) in [7, 11) is 1.68. The van der Waals surface area contributed by atoms with Crippen molar-refractivity contribution in [2.75, 3.05) is 25.1 Å². The number of methoxy groups -OCH3 is 1. The fourth-order valence-corrected chi connectivity index (χ4v) is 3.32. The maximum Gasteiger partial charge on any atom is 0.255 e. The molecule has 6 heteroatoms. The number of H-pyrrole nitrogens is 1. The van der Waals surface area contributed by atoms with Crippen molar-refractivity contribution >= 4 is 11.6 Å². The number of aromatic amines is 1. The van der Waals surface area contributed by atoms with E-state index in [1.165, 1.54) is 0 Å². The van der Waals surface area contributed by atoms with Crippen molar-refractivity contribution in [3.05, 3.63) is 41.7 Å². The average Bonchev–Trinajstić information content (AvgIpc) is 3.12. The first-order valence-electron chi connectivity index (χ1n) is 8.81. The molecule has 0 radical (unpaired) electrons. The van der Waals surface area contributed by atoms with Gasteiger partial charge in [-0.05, 0) is 30.9 Å². The molecule has 25 heavy (non-hydrogen) atoms. The Morgan fingerprint density at radius 2 is 2.28 bits per heavy atom. The molecule has 1 amide bonds. The Balaban J connectivity index is 1.67. The topological polar surface area (TPSA) is 70.2 Å². The molecule has 0 bridgehead atoms. The number of aromatic nitrogens is 2. The number of hydrogen-bond acceptors (Lipinski definition) is 4. The summed E-state index contributed by atoms with van der Waals surface area (Å²) in [5, 5.41) is 10.1. The van der Waals surface area contributed by atoms with Crippen molar-refractivity contribution in [2.24, 2.45) is 0 Å². The van der Waals surface area contributed by atoms with Crippen LogP contribution in [0.25, 0.3) is 0 Å². The van der Waals surface area contributed by atoms with Crippen LogP contribution in [0.2, 0.25) is 0 Å². The van der Waals surface area contributed by atoms with E-state index in [1.54, 1.807) is 13.3 Å². The zero-order valence-electron chi connectivity index (χ0n) is 15.1.